The summed E-state index contributed by atoms with van der Waals surface area (Å²) < 4.78 is 4.69. The van der Waals surface area contributed by atoms with Gasteiger partial charge >= 0.3 is 12.1 Å². The summed E-state index contributed by atoms with van der Waals surface area (Å²) in [5.41, 5.74) is 4.46. The second-order valence-corrected chi connectivity index (χ2v) is 9.11. The highest BCUT2D eigenvalue weighted by molar-refractivity contribution is 8.00. The summed E-state index contributed by atoms with van der Waals surface area (Å²) in [5, 5.41) is 14.0. The molecule has 1 fully saturated rings. The van der Waals surface area contributed by atoms with Gasteiger partial charge in [0.25, 0.3) is 11.8 Å². The molecule has 0 aliphatic carbocycles. The number of carboxylic acid groups (broad SMARTS) is 1. The fourth-order valence-corrected chi connectivity index (χ4v) is 5.26. The molecule has 0 saturated carbocycles. The third-order valence-electron chi connectivity index (χ3n) is 5.68. The number of nitrogens with two attached hydrogens (primary N) is 1. The van der Waals surface area contributed by atoms with Crippen LogP contribution in [0.4, 0.5) is 4.79 Å². The Hall–Kier alpha value is -4.59. The van der Waals surface area contributed by atoms with Gasteiger partial charge in [0.05, 0.1) is 0 Å². The Morgan fingerprint density at radius 3 is 2.57 bits per heavy atom. The Kier molecular flexibility index (Phi) is 7.29. The molecule has 0 bridgehead atoms. The molecule has 0 radical (unpaired) electrons. The summed E-state index contributed by atoms with van der Waals surface area (Å²) in [7, 11) is 0. The molecule has 13 nitrogen and oxygen atoms in total. The number of carboxylic acids is 1. The van der Waals surface area contributed by atoms with Crippen LogP contribution in [-0.4, -0.2) is 68.5 Å². The van der Waals surface area contributed by atoms with Crippen LogP contribution in [0.25, 0.3) is 0 Å². The van der Waals surface area contributed by atoms with Gasteiger partial charge in [-0.05, 0) is 5.56 Å². The van der Waals surface area contributed by atoms with E-state index in [9.17, 15) is 33.9 Å². The van der Waals surface area contributed by atoms with Gasteiger partial charge in [0, 0.05) is 29.8 Å². The highest BCUT2D eigenvalue weighted by Gasteiger charge is 2.54. The summed E-state index contributed by atoms with van der Waals surface area (Å²) in [4.78, 5) is 77.5. The van der Waals surface area contributed by atoms with Crippen LogP contribution in [0, 0.1) is 0 Å². The molecule has 4 amide bonds. The maximum absolute atomic E-state index is 13.3. The first kappa shape index (κ1) is 25.5. The monoisotopic (exact) mass is 527 g/mol. The number of aromatic nitrogens is 1. The van der Waals surface area contributed by atoms with Crippen molar-refractivity contribution in [1.29, 1.82) is 0 Å². The average Bonchev–Trinajstić information content (AvgIpc) is 2.88. The maximum atomic E-state index is 13.3. The van der Waals surface area contributed by atoms with E-state index in [1.165, 1.54) is 30.2 Å². The van der Waals surface area contributed by atoms with Gasteiger partial charge in [-0.2, -0.15) is 0 Å². The van der Waals surface area contributed by atoms with E-state index in [4.69, 9.17) is 10.5 Å². The number of aliphatic carboxylic acids is 1. The van der Waals surface area contributed by atoms with Crippen molar-refractivity contribution in [3.05, 3.63) is 81.4 Å². The number of nitrogens with zero attached hydrogens (tertiary/aromatic N) is 1. The van der Waals surface area contributed by atoms with Crippen LogP contribution >= 0.6 is 11.8 Å². The summed E-state index contributed by atoms with van der Waals surface area (Å²) in [5.74, 6) is -3.49. The second-order valence-electron chi connectivity index (χ2n) is 8.00. The molecule has 2 aromatic rings. The predicted molar refractivity (Wildman–Crippen MR) is 129 cm³/mol. The van der Waals surface area contributed by atoms with Gasteiger partial charge in [0.1, 0.15) is 35.3 Å². The van der Waals surface area contributed by atoms with Crippen molar-refractivity contribution in [1.82, 2.24) is 20.5 Å². The van der Waals surface area contributed by atoms with E-state index in [0.717, 1.165) is 4.90 Å². The van der Waals surface area contributed by atoms with Crippen LogP contribution in [-0.2, 0) is 19.1 Å². The van der Waals surface area contributed by atoms with Crippen molar-refractivity contribution in [2.24, 2.45) is 5.73 Å². The van der Waals surface area contributed by atoms with Crippen LogP contribution in [0.15, 0.2) is 64.9 Å². The molecule has 1 saturated heterocycles. The van der Waals surface area contributed by atoms with Gasteiger partial charge < -0.3 is 31.2 Å². The number of nitrogens with one attached hydrogen (secondary N) is 3. The Morgan fingerprint density at radius 1 is 1.19 bits per heavy atom. The van der Waals surface area contributed by atoms with Crippen LogP contribution in [0.5, 0.6) is 0 Å². The fraction of sp³-hybridized carbons (Fsp3) is 0.217. The number of rotatable bonds is 8. The van der Waals surface area contributed by atoms with Crippen molar-refractivity contribution < 1.29 is 33.8 Å². The largest absolute Gasteiger partial charge is 0.477 e. The Labute approximate surface area is 213 Å². The van der Waals surface area contributed by atoms with Crippen LogP contribution < -0.4 is 21.8 Å². The molecular weight excluding hydrogens is 506 g/mol. The second kappa shape index (κ2) is 10.6. The number of thioether (sulfide) groups is 1. The highest BCUT2D eigenvalue weighted by atomic mass is 32.2. The van der Waals surface area contributed by atoms with E-state index in [1.54, 1.807) is 30.3 Å². The lowest BCUT2D eigenvalue weighted by molar-refractivity contribution is -0.151. The number of β-lactam (4-membered cyclic amide) rings is 1. The van der Waals surface area contributed by atoms with Gasteiger partial charge in [-0.15, -0.1) is 11.8 Å². The lowest BCUT2D eigenvalue weighted by Crippen LogP contribution is -2.71. The maximum Gasteiger partial charge on any atom is 0.404 e. The molecule has 37 heavy (non-hydrogen) atoms. The Balaban J connectivity index is 1.54. The van der Waals surface area contributed by atoms with Crippen LogP contribution in [0.1, 0.15) is 22.0 Å². The van der Waals surface area contributed by atoms with Crippen molar-refractivity contribution in [3.63, 3.8) is 0 Å². The predicted octanol–water partition coefficient (Wildman–Crippen LogP) is -0.320. The van der Waals surface area contributed by atoms with E-state index < -0.39 is 59.3 Å². The van der Waals surface area contributed by atoms with Crippen molar-refractivity contribution in [2.45, 2.75) is 17.5 Å². The molecule has 1 aromatic heterocycles. The molecule has 192 valence electrons. The number of fused-ring (bicyclic) bond motifs is 1. The minimum atomic E-state index is -1.39. The van der Waals surface area contributed by atoms with Gasteiger partial charge in [-0.1, -0.05) is 30.3 Å². The number of carbonyl (C=O) groups is 5. The normalized spacial score (nSPS) is 19.2. The first-order valence-electron chi connectivity index (χ1n) is 10.8. The Morgan fingerprint density at radius 2 is 1.92 bits per heavy atom. The number of primary amides is 1. The average molecular weight is 528 g/mol. The number of hydrogen-bond donors (Lipinski definition) is 5. The highest BCUT2D eigenvalue weighted by Crippen LogP contribution is 2.40. The molecular formula is C23H21N5O8S. The molecule has 14 heteroatoms. The standard InChI is InChI=1S/C23H21N5O8S/c24-23(35)36-9-12-10-37-21-16(20(32)28(21)17(12)22(33)34)27-19(31)15(11-4-2-1-3-5-11)26-18(30)13-8-25-7-6-14(13)29/h1-8,15-16,21H,9-10H2,(H2,24,35)(H,25,29)(H,26,30)(H,27,31)(H,33,34)/t15?,16?,21-/m1/s1. The zero-order valence-corrected chi connectivity index (χ0v) is 19.8. The first-order valence-corrected chi connectivity index (χ1v) is 11.9. The molecule has 3 heterocycles. The van der Waals surface area contributed by atoms with E-state index in [-0.39, 0.29) is 22.6 Å². The lowest BCUT2D eigenvalue weighted by atomic mass is 10.0. The molecule has 0 spiro atoms. The van der Waals surface area contributed by atoms with Gasteiger partial charge in [-0.25, -0.2) is 9.59 Å². The quantitative estimate of drug-likeness (QED) is 0.285. The van der Waals surface area contributed by atoms with Crippen LogP contribution in [0.2, 0.25) is 0 Å². The summed E-state index contributed by atoms with van der Waals surface area (Å²) in [6, 6.07) is 7.07. The Bertz CT molecular complexity index is 1360. The van der Waals surface area contributed by atoms with Crippen molar-refractivity contribution >= 4 is 41.5 Å². The van der Waals surface area contributed by atoms with E-state index in [2.05, 4.69) is 15.6 Å². The molecule has 1 aromatic carbocycles. The minimum absolute atomic E-state index is 0.116. The van der Waals surface area contributed by atoms with Crippen LogP contribution in [0.3, 0.4) is 0 Å². The fourth-order valence-electron chi connectivity index (χ4n) is 3.94. The van der Waals surface area contributed by atoms with E-state index in [0.29, 0.717) is 5.56 Å². The van der Waals surface area contributed by atoms with Gasteiger partial charge in [-0.3, -0.25) is 24.1 Å². The first-order chi connectivity index (χ1) is 17.7. The topological polar surface area (TPSA) is 201 Å². The third kappa shape index (κ3) is 5.18. The van der Waals surface area contributed by atoms with Crippen molar-refractivity contribution in [3.8, 4) is 0 Å². The smallest absolute Gasteiger partial charge is 0.404 e. The molecule has 6 N–H and O–H groups in total. The molecule has 2 aliphatic heterocycles. The van der Waals surface area contributed by atoms with Crippen molar-refractivity contribution in [2.75, 3.05) is 12.4 Å². The minimum Gasteiger partial charge on any atom is -0.477 e. The summed E-state index contributed by atoms with van der Waals surface area (Å²) >= 11 is 1.17. The summed E-state index contributed by atoms with van der Waals surface area (Å²) in [6.45, 7) is -0.391. The van der Waals surface area contributed by atoms with Gasteiger partial charge in [0.15, 0.2) is 5.43 Å². The third-order valence-corrected chi connectivity index (χ3v) is 7.02. The van der Waals surface area contributed by atoms with E-state index >= 15 is 0 Å². The van der Waals surface area contributed by atoms with Gasteiger partial charge in [0.2, 0.25) is 5.91 Å². The lowest BCUT2D eigenvalue weighted by Gasteiger charge is -2.49. The molecule has 2 aliphatic rings. The zero-order chi connectivity index (χ0) is 26.7. The number of ether oxygens (including phenoxy) is 1. The number of hydrogen-bond acceptors (Lipinski definition) is 8. The molecule has 4 rings (SSSR count). The number of amides is 4. The zero-order valence-electron chi connectivity index (χ0n) is 19.0. The number of aromatic amines is 1. The number of carbonyl (C=O) groups excluding carboxylic acids is 4. The SMILES string of the molecule is NC(=O)OCC1=C(C(=O)O)N2C(=O)C(NC(=O)C(NC(=O)c3c[nH]ccc3=O)c3ccccc3)[C@H]2SC1. The number of pyridine rings is 1. The number of H-pyrrole nitrogens is 1. The number of benzene rings is 1. The van der Waals surface area contributed by atoms with E-state index in [1.807, 2.05) is 0 Å². The molecule has 3 atom stereocenters. The molecule has 2 unspecified atom stereocenters. The summed E-state index contributed by atoms with van der Waals surface area (Å²) in [6.07, 6.45) is 1.49.